The third-order valence-electron chi connectivity index (χ3n) is 4.93. The molecule has 0 bridgehead atoms. The smallest absolute Gasteiger partial charge is 0.374 e. The van der Waals surface area contributed by atoms with Gasteiger partial charge in [0.05, 0.1) is 0 Å². The minimum Gasteiger partial charge on any atom is -0.450 e. The van der Waals surface area contributed by atoms with E-state index in [-0.39, 0.29) is 24.1 Å². The van der Waals surface area contributed by atoms with Gasteiger partial charge in [0.25, 0.3) is 5.91 Å². The lowest BCUT2D eigenvalue weighted by Crippen LogP contribution is -2.44. The lowest BCUT2D eigenvalue weighted by atomic mass is 9.92. The monoisotopic (exact) mass is 383 g/mol. The van der Waals surface area contributed by atoms with E-state index in [1.807, 2.05) is 0 Å². The van der Waals surface area contributed by atoms with Crippen molar-refractivity contribution >= 4 is 17.7 Å². The Morgan fingerprint density at radius 1 is 1.04 bits per heavy atom. The Bertz CT molecular complexity index is 857. The number of piperidine rings is 1. The number of furan rings is 1. The Hall–Kier alpha value is -2.89. The van der Waals surface area contributed by atoms with E-state index in [2.05, 4.69) is 13.8 Å². The van der Waals surface area contributed by atoms with E-state index in [0.29, 0.717) is 36.2 Å². The minimum atomic E-state index is -0.668. The van der Waals surface area contributed by atoms with E-state index in [4.69, 9.17) is 9.15 Å². The van der Waals surface area contributed by atoms with Gasteiger partial charge in [0, 0.05) is 24.2 Å². The lowest BCUT2D eigenvalue weighted by molar-refractivity contribution is -0.137. The maximum absolute atomic E-state index is 12.3. The molecular formula is C22H25NO5. The number of ether oxygens (including phenoxy) is 1. The first kappa shape index (κ1) is 19.9. The zero-order chi connectivity index (χ0) is 20.3. The zero-order valence-electron chi connectivity index (χ0n) is 16.4. The molecule has 3 rings (SSSR count). The molecule has 1 fully saturated rings. The van der Waals surface area contributed by atoms with Crippen LogP contribution >= 0.6 is 0 Å². The molecule has 1 amide bonds. The van der Waals surface area contributed by atoms with Crippen molar-refractivity contribution in [2.24, 2.45) is 11.8 Å². The van der Waals surface area contributed by atoms with Crippen molar-refractivity contribution in [2.45, 2.75) is 27.2 Å². The standard InChI is InChI=1S/C22H25NO5/c1-14-10-15(2)12-23(11-14)21(25)13-27-22(26)20-9-8-19(28-20)18-6-4-17(5-7-18)16(3)24/h4-9,14-15H,10-13H2,1-3H3/t14-,15+. The fourth-order valence-electron chi connectivity index (χ4n) is 3.63. The third-order valence-corrected chi connectivity index (χ3v) is 4.93. The summed E-state index contributed by atoms with van der Waals surface area (Å²) in [4.78, 5) is 37.7. The van der Waals surface area contributed by atoms with Gasteiger partial charge in [0.1, 0.15) is 5.76 Å². The molecule has 28 heavy (non-hydrogen) atoms. The molecule has 2 atom stereocenters. The van der Waals surface area contributed by atoms with Crippen LogP contribution in [-0.4, -0.2) is 42.3 Å². The van der Waals surface area contributed by atoms with Gasteiger partial charge in [-0.25, -0.2) is 4.79 Å². The van der Waals surface area contributed by atoms with E-state index < -0.39 is 5.97 Å². The van der Waals surface area contributed by atoms with Crippen molar-refractivity contribution < 1.29 is 23.5 Å². The van der Waals surface area contributed by atoms with Crippen molar-refractivity contribution in [3.63, 3.8) is 0 Å². The number of benzene rings is 1. The molecule has 1 aliphatic rings. The quantitative estimate of drug-likeness (QED) is 0.580. The number of nitrogens with zero attached hydrogens (tertiary/aromatic N) is 1. The predicted octanol–water partition coefficient (Wildman–Crippen LogP) is 3.81. The van der Waals surface area contributed by atoms with Gasteiger partial charge in [0.15, 0.2) is 12.4 Å². The molecule has 2 aromatic rings. The molecule has 1 saturated heterocycles. The van der Waals surface area contributed by atoms with Crippen LogP contribution in [0.25, 0.3) is 11.3 Å². The summed E-state index contributed by atoms with van der Waals surface area (Å²) >= 11 is 0. The summed E-state index contributed by atoms with van der Waals surface area (Å²) in [5.74, 6) is 0.565. The van der Waals surface area contributed by atoms with Gasteiger partial charge in [-0.15, -0.1) is 0 Å². The Balaban J connectivity index is 1.58. The Morgan fingerprint density at radius 3 is 2.29 bits per heavy atom. The molecule has 0 radical (unpaired) electrons. The second kappa shape index (κ2) is 8.42. The highest BCUT2D eigenvalue weighted by Gasteiger charge is 2.26. The Labute approximate surface area is 164 Å². The van der Waals surface area contributed by atoms with Gasteiger partial charge < -0.3 is 14.1 Å². The second-order valence-electron chi connectivity index (χ2n) is 7.62. The summed E-state index contributed by atoms with van der Waals surface area (Å²) in [5.41, 5.74) is 1.35. The molecule has 1 aromatic carbocycles. The minimum absolute atomic E-state index is 0.0163. The molecule has 0 aliphatic carbocycles. The van der Waals surface area contributed by atoms with Gasteiger partial charge in [-0.2, -0.15) is 0 Å². The third kappa shape index (κ3) is 4.68. The first-order chi connectivity index (χ1) is 13.3. The highest BCUT2D eigenvalue weighted by atomic mass is 16.5. The average Bonchev–Trinajstić information content (AvgIpc) is 3.15. The van der Waals surface area contributed by atoms with Crippen LogP contribution < -0.4 is 0 Å². The number of Topliss-reactive ketones (excluding diaryl/α,β-unsaturated/α-hetero) is 1. The number of likely N-dealkylation sites (tertiary alicyclic amines) is 1. The molecule has 1 aromatic heterocycles. The number of ketones is 1. The maximum Gasteiger partial charge on any atom is 0.374 e. The number of rotatable bonds is 5. The molecule has 6 nitrogen and oxygen atoms in total. The predicted molar refractivity (Wildman–Crippen MR) is 104 cm³/mol. The van der Waals surface area contributed by atoms with Gasteiger partial charge in [0.2, 0.25) is 5.76 Å². The Kier molecular flexibility index (Phi) is 5.97. The van der Waals surface area contributed by atoms with Crippen LogP contribution in [0.1, 0.15) is 48.1 Å². The number of amides is 1. The van der Waals surface area contributed by atoms with Gasteiger partial charge in [-0.1, -0.05) is 38.1 Å². The molecule has 1 aliphatic heterocycles. The van der Waals surface area contributed by atoms with Gasteiger partial charge in [-0.05, 0) is 37.3 Å². The van der Waals surface area contributed by atoms with Crippen LogP contribution in [0, 0.1) is 11.8 Å². The van der Waals surface area contributed by atoms with Crippen molar-refractivity contribution in [1.29, 1.82) is 0 Å². The van der Waals surface area contributed by atoms with Crippen molar-refractivity contribution in [2.75, 3.05) is 19.7 Å². The van der Waals surface area contributed by atoms with Crippen LogP contribution in [0.15, 0.2) is 40.8 Å². The molecule has 2 heterocycles. The second-order valence-corrected chi connectivity index (χ2v) is 7.62. The van der Waals surface area contributed by atoms with Crippen LogP contribution in [0.3, 0.4) is 0 Å². The van der Waals surface area contributed by atoms with E-state index in [1.165, 1.54) is 13.0 Å². The molecular weight excluding hydrogens is 358 g/mol. The zero-order valence-corrected chi connectivity index (χ0v) is 16.4. The molecule has 0 N–H and O–H groups in total. The largest absolute Gasteiger partial charge is 0.450 e. The van der Waals surface area contributed by atoms with Crippen molar-refractivity contribution in [1.82, 2.24) is 4.90 Å². The number of carbonyl (C=O) groups is 3. The normalized spacial score (nSPS) is 19.3. The summed E-state index contributed by atoms with van der Waals surface area (Å²) in [5, 5.41) is 0. The summed E-state index contributed by atoms with van der Waals surface area (Å²) in [7, 11) is 0. The molecule has 148 valence electrons. The van der Waals surface area contributed by atoms with Gasteiger partial charge >= 0.3 is 5.97 Å². The fraction of sp³-hybridized carbons (Fsp3) is 0.409. The SMILES string of the molecule is CC(=O)c1ccc(-c2ccc(C(=O)OCC(=O)N3C[C@H](C)C[C@H](C)C3)o2)cc1. The van der Waals surface area contributed by atoms with Gasteiger partial charge in [-0.3, -0.25) is 9.59 Å². The number of hydrogen-bond donors (Lipinski definition) is 0. The summed E-state index contributed by atoms with van der Waals surface area (Å²) in [6.45, 7) is 6.85. The highest BCUT2D eigenvalue weighted by molar-refractivity contribution is 5.94. The molecule has 0 spiro atoms. The first-order valence-corrected chi connectivity index (χ1v) is 9.49. The van der Waals surface area contributed by atoms with E-state index in [9.17, 15) is 14.4 Å². The highest BCUT2D eigenvalue weighted by Crippen LogP contribution is 2.24. The molecule has 0 saturated carbocycles. The van der Waals surface area contributed by atoms with E-state index in [0.717, 1.165) is 12.0 Å². The van der Waals surface area contributed by atoms with Crippen LogP contribution in [0.5, 0.6) is 0 Å². The van der Waals surface area contributed by atoms with E-state index >= 15 is 0 Å². The fourth-order valence-corrected chi connectivity index (χ4v) is 3.63. The molecule has 6 heteroatoms. The maximum atomic E-state index is 12.3. The summed E-state index contributed by atoms with van der Waals surface area (Å²) in [6.07, 6.45) is 1.10. The van der Waals surface area contributed by atoms with Crippen LogP contribution in [-0.2, 0) is 9.53 Å². The van der Waals surface area contributed by atoms with Crippen LogP contribution in [0.4, 0.5) is 0 Å². The van der Waals surface area contributed by atoms with Crippen molar-refractivity contribution in [3.8, 4) is 11.3 Å². The average molecular weight is 383 g/mol. The Morgan fingerprint density at radius 2 is 1.68 bits per heavy atom. The lowest BCUT2D eigenvalue weighted by Gasteiger charge is -2.34. The number of carbonyl (C=O) groups excluding carboxylic acids is 3. The summed E-state index contributed by atoms with van der Waals surface area (Å²) in [6, 6.07) is 10.1. The molecule has 0 unspecified atom stereocenters. The topological polar surface area (TPSA) is 76.8 Å². The number of esters is 1. The first-order valence-electron chi connectivity index (χ1n) is 9.49. The number of hydrogen-bond acceptors (Lipinski definition) is 5. The van der Waals surface area contributed by atoms with Crippen molar-refractivity contribution in [3.05, 3.63) is 47.7 Å². The van der Waals surface area contributed by atoms with E-state index in [1.54, 1.807) is 35.2 Å². The van der Waals surface area contributed by atoms with Crippen LogP contribution in [0.2, 0.25) is 0 Å². The summed E-state index contributed by atoms with van der Waals surface area (Å²) < 4.78 is 10.7.